The lowest BCUT2D eigenvalue weighted by molar-refractivity contribution is 0.197. The topological polar surface area (TPSA) is 54.0 Å². The zero-order valence-corrected chi connectivity index (χ0v) is 15.0. The van der Waals surface area contributed by atoms with E-state index in [9.17, 15) is 4.79 Å². The number of likely N-dealkylation sites (N-methyl/N-ethyl adjacent to an activating group) is 1. The molecular weight excluding hydrogens is 294 g/mol. The van der Waals surface area contributed by atoms with Crippen LogP contribution in [0.2, 0.25) is 0 Å². The Morgan fingerprint density at radius 1 is 1.13 bits per heavy atom. The number of carbonyl (C=O) groups is 1. The molecule has 1 aromatic carbocycles. The first-order valence-electron chi connectivity index (χ1n) is 7.89. The second kappa shape index (κ2) is 9.25. The van der Waals surface area contributed by atoms with E-state index >= 15 is 0 Å². The van der Waals surface area contributed by atoms with E-state index in [0.29, 0.717) is 31.1 Å². The van der Waals surface area contributed by atoms with E-state index in [-0.39, 0.29) is 12.1 Å². The van der Waals surface area contributed by atoms with Gasteiger partial charge in [-0.3, -0.25) is 0 Å². The fraction of sp³-hybridized carbons (Fsp3) is 0.588. The summed E-state index contributed by atoms with van der Waals surface area (Å²) >= 11 is 0. The maximum atomic E-state index is 12.1. The highest BCUT2D eigenvalue weighted by atomic mass is 16.5. The minimum atomic E-state index is -0.0395. The smallest absolute Gasteiger partial charge is 0.317 e. The molecule has 23 heavy (non-hydrogen) atoms. The maximum absolute atomic E-state index is 12.1. The Kier molecular flexibility index (Phi) is 7.68. The maximum Gasteiger partial charge on any atom is 0.317 e. The Balaban J connectivity index is 2.89. The van der Waals surface area contributed by atoms with Crippen LogP contribution in [0.25, 0.3) is 0 Å². The summed E-state index contributed by atoms with van der Waals surface area (Å²) < 4.78 is 10.6. The molecule has 0 aliphatic carbocycles. The van der Waals surface area contributed by atoms with Gasteiger partial charge in [-0.05, 0) is 45.6 Å². The third kappa shape index (κ3) is 5.03. The monoisotopic (exact) mass is 323 g/mol. The van der Waals surface area contributed by atoms with Crippen LogP contribution >= 0.6 is 0 Å². The zero-order valence-electron chi connectivity index (χ0n) is 15.0. The van der Waals surface area contributed by atoms with E-state index in [0.717, 1.165) is 5.56 Å². The highest BCUT2D eigenvalue weighted by Gasteiger charge is 2.18. The number of hydrogen-bond acceptors (Lipinski definition) is 4. The molecule has 0 heterocycles. The Bertz CT molecular complexity index is 502. The van der Waals surface area contributed by atoms with Crippen molar-refractivity contribution in [3.05, 3.63) is 23.8 Å². The largest absolute Gasteiger partial charge is 0.493 e. The predicted octanol–water partition coefficient (Wildman–Crippen LogP) is 2.36. The number of amides is 2. The molecule has 1 rings (SSSR count). The van der Waals surface area contributed by atoms with Crippen molar-refractivity contribution in [3.8, 4) is 11.5 Å². The SMILES string of the molecule is CCN(CC)C(=O)NCC(c1ccc(OC)c(OC)c1)N(C)C. The third-order valence-electron chi connectivity index (χ3n) is 3.91. The number of methoxy groups -OCH3 is 2. The first-order chi connectivity index (χ1) is 11.0. The molecule has 2 amide bonds. The first kappa shape index (κ1) is 19.1. The lowest BCUT2D eigenvalue weighted by Crippen LogP contribution is -2.43. The number of nitrogens with zero attached hydrogens (tertiary/aromatic N) is 2. The van der Waals surface area contributed by atoms with E-state index < -0.39 is 0 Å². The molecule has 0 bridgehead atoms. The van der Waals surface area contributed by atoms with E-state index in [4.69, 9.17) is 9.47 Å². The summed E-state index contributed by atoms with van der Waals surface area (Å²) in [6, 6.07) is 5.84. The van der Waals surface area contributed by atoms with Crippen LogP contribution in [0.5, 0.6) is 11.5 Å². The van der Waals surface area contributed by atoms with E-state index in [1.807, 2.05) is 46.1 Å². The van der Waals surface area contributed by atoms with Gasteiger partial charge in [-0.15, -0.1) is 0 Å². The molecule has 0 saturated carbocycles. The van der Waals surface area contributed by atoms with Crippen LogP contribution in [-0.2, 0) is 0 Å². The summed E-state index contributed by atoms with van der Waals surface area (Å²) in [5.74, 6) is 1.38. The average molecular weight is 323 g/mol. The van der Waals surface area contributed by atoms with Gasteiger partial charge >= 0.3 is 6.03 Å². The molecule has 6 heteroatoms. The Hall–Kier alpha value is -1.95. The van der Waals surface area contributed by atoms with Crippen LogP contribution in [0.4, 0.5) is 4.79 Å². The summed E-state index contributed by atoms with van der Waals surface area (Å²) in [6.45, 7) is 5.87. The quantitative estimate of drug-likeness (QED) is 0.798. The molecule has 0 aromatic heterocycles. The van der Waals surface area contributed by atoms with Crippen molar-refractivity contribution in [2.45, 2.75) is 19.9 Å². The molecule has 0 fully saturated rings. The van der Waals surface area contributed by atoms with Gasteiger partial charge in [-0.25, -0.2) is 4.79 Å². The molecule has 0 saturated heterocycles. The van der Waals surface area contributed by atoms with Crippen molar-refractivity contribution in [1.82, 2.24) is 15.1 Å². The van der Waals surface area contributed by atoms with Gasteiger partial charge in [-0.1, -0.05) is 6.07 Å². The number of ether oxygens (including phenoxy) is 2. The van der Waals surface area contributed by atoms with Crippen LogP contribution in [-0.4, -0.2) is 63.8 Å². The molecule has 6 nitrogen and oxygen atoms in total. The van der Waals surface area contributed by atoms with Crippen LogP contribution in [0, 0.1) is 0 Å². The average Bonchev–Trinajstić information content (AvgIpc) is 2.55. The minimum Gasteiger partial charge on any atom is -0.493 e. The van der Waals surface area contributed by atoms with Crippen molar-refractivity contribution in [2.24, 2.45) is 0 Å². The van der Waals surface area contributed by atoms with Gasteiger partial charge in [0.05, 0.1) is 20.3 Å². The number of nitrogens with one attached hydrogen (secondary N) is 1. The van der Waals surface area contributed by atoms with Gasteiger partial charge < -0.3 is 24.6 Å². The van der Waals surface area contributed by atoms with Gasteiger partial charge in [0.1, 0.15) is 0 Å². The summed E-state index contributed by atoms with van der Waals surface area (Å²) in [5.41, 5.74) is 1.06. The molecule has 1 atom stereocenters. The summed E-state index contributed by atoms with van der Waals surface area (Å²) in [6.07, 6.45) is 0. The minimum absolute atomic E-state index is 0.0395. The van der Waals surface area contributed by atoms with Crippen molar-refractivity contribution in [3.63, 3.8) is 0 Å². The second-order valence-electron chi connectivity index (χ2n) is 5.45. The van der Waals surface area contributed by atoms with Crippen molar-refractivity contribution >= 4 is 6.03 Å². The summed E-state index contributed by atoms with van der Waals surface area (Å²) in [4.78, 5) is 16.0. The van der Waals surface area contributed by atoms with E-state index in [2.05, 4.69) is 10.2 Å². The Morgan fingerprint density at radius 2 is 1.74 bits per heavy atom. The normalized spacial score (nSPS) is 12.0. The molecule has 0 spiro atoms. The van der Waals surface area contributed by atoms with Crippen LogP contribution in [0.15, 0.2) is 18.2 Å². The second-order valence-corrected chi connectivity index (χ2v) is 5.45. The van der Waals surface area contributed by atoms with Gasteiger partial charge in [0.2, 0.25) is 0 Å². The number of carbonyl (C=O) groups excluding carboxylic acids is 1. The van der Waals surface area contributed by atoms with Crippen LogP contribution in [0.1, 0.15) is 25.5 Å². The van der Waals surface area contributed by atoms with Gasteiger partial charge in [0, 0.05) is 19.6 Å². The lowest BCUT2D eigenvalue weighted by Gasteiger charge is -2.27. The molecule has 0 aliphatic heterocycles. The summed E-state index contributed by atoms with van der Waals surface area (Å²) in [7, 11) is 7.22. The Labute approximate surface area is 139 Å². The number of hydrogen-bond donors (Lipinski definition) is 1. The van der Waals surface area contributed by atoms with Crippen LogP contribution < -0.4 is 14.8 Å². The third-order valence-corrected chi connectivity index (χ3v) is 3.91. The number of urea groups is 1. The molecule has 1 unspecified atom stereocenters. The van der Waals surface area contributed by atoms with Crippen molar-refractivity contribution in [1.29, 1.82) is 0 Å². The molecule has 1 N–H and O–H groups in total. The van der Waals surface area contributed by atoms with Gasteiger partial charge in [0.25, 0.3) is 0 Å². The fourth-order valence-electron chi connectivity index (χ4n) is 2.47. The summed E-state index contributed by atoms with van der Waals surface area (Å²) in [5, 5.41) is 3.00. The van der Waals surface area contributed by atoms with E-state index in [1.54, 1.807) is 19.1 Å². The molecular formula is C17H29N3O3. The van der Waals surface area contributed by atoms with Crippen molar-refractivity contribution in [2.75, 3.05) is 47.9 Å². The highest BCUT2D eigenvalue weighted by molar-refractivity contribution is 5.74. The van der Waals surface area contributed by atoms with E-state index in [1.165, 1.54) is 0 Å². The molecule has 0 radical (unpaired) electrons. The predicted molar refractivity (Wildman–Crippen MR) is 92.3 cm³/mol. The highest BCUT2D eigenvalue weighted by Crippen LogP contribution is 2.31. The van der Waals surface area contributed by atoms with Crippen LogP contribution in [0.3, 0.4) is 0 Å². The molecule has 130 valence electrons. The molecule has 1 aromatic rings. The standard InChI is InChI=1S/C17H29N3O3/c1-7-20(8-2)17(21)18-12-14(19(3)4)13-9-10-15(22-5)16(11-13)23-6/h9-11,14H,7-8,12H2,1-6H3,(H,18,21). The Morgan fingerprint density at radius 3 is 2.22 bits per heavy atom. The number of benzene rings is 1. The van der Waals surface area contributed by atoms with Gasteiger partial charge in [-0.2, -0.15) is 0 Å². The lowest BCUT2D eigenvalue weighted by atomic mass is 10.1. The zero-order chi connectivity index (χ0) is 17.4. The molecule has 0 aliphatic rings. The first-order valence-corrected chi connectivity index (χ1v) is 7.89. The van der Waals surface area contributed by atoms with Crippen molar-refractivity contribution < 1.29 is 14.3 Å². The number of rotatable bonds is 8. The fourth-order valence-corrected chi connectivity index (χ4v) is 2.47. The van der Waals surface area contributed by atoms with Gasteiger partial charge in [0.15, 0.2) is 11.5 Å².